The molecular formula is C7H4ClF2N3O2S. The van der Waals surface area contributed by atoms with Crippen molar-refractivity contribution >= 4 is 21.6 Å². The van der Waals surface area contributed by atoms with E-state index in [1.165, 1.54) is 6.07 Å². The van der Waals surface area contributed by atoms with Gasteiger partial charge < -0.3 is 0 Å². The summed E-state index contributed by atoms with van der Waals surface area (Å²) >= 11 is 5.47. The number of primary sulfonamides is 1. The van der Waals surface area contributed by atoms with Crippen molar-refractivity contribution in [3.8, 4) is 6.07 Å². The zero-order chi connectivity index (χ0) is 12.5. The Kier molecular flexibility index (Phi) is 3.42. The molecule has 0 aliphatic rings. The van der Waals surface area contributed by atoms with Gasteiger partial charge in [-0.2, -0.15) is 5.26 Å². The number of halogens is 3. The Morgan fingerprint density at radius 3 is 2.50 bits per heavy atom. The number of hydrogen-bond donors (Lipinski definition) is 1. The van der Waals surface area contributed by atoms with Gasteiger partial charge in [-0.25, -0.2) is 27.3 Å². The first-order chi connectivity index (χ1) is 7.29. The van der Waals surface area contributed by atoms with Gasteiger partial charge in [-0.1, -0.05) is 11.6 Å². The summed E-state index contributed by atoms with van der Waals surface area (Å²) in [5.74, 6) is 0. The number of hydrogen-bond acceptors (Lipinski definition) is 4. The number of alkyl halides is 2. The lowest BCUT2D eigenvalue weighted by Gasteiger charge is -2.08. The third kappa shape index (κ3) is 2.27. The average molecular weight is 268 g/mol. The second-order valence-corrected chi connectivity index (χ2v) is 4.54. The highest BCUT2D eigenvalue weighted by molar-refractivity contribution is 7.89. The number of rotatable bonds is 2. The first kappa shape index (κ1) is 12.8. The molecule has 0 saturated carbocycles. The largest absolute Gasteiger partial charge is 0.266 e. The molecule has 0 aliphatic carbocycles. The minimum Gasteiger partial charge on any atom is -0.243 e. The second kappa shape index (κ2) is 4.29. The van der Waals surface area contributed by atoms with E-state index in [1.807, 2.05) is 0 Å². The van der Waals surface area contributed by atoms with E-state index in [2.05, 4.69) is 4.98 Å². The first-order valence-corrected chi connectivity index (χ1v) is 5.61. The van der Waals surface area contributed by atoms with Crippen molar-refractivity contribution in [3.05, 3.63) is 22.5 Å². The lowest BCUT2D eigenvalue weighted by atomic mass is 10.2. The summed E-state index contributed by atoms with van der Waals surface area (Å²) in [6, 6.07) is 1.47. The van der Waals surface area contributed by atoms with Gasteiger partial charge in [0.1, 0.15) is 11.0 Å². The van der Waals surface area contributed by atoms with Crippen molar-refractivity contribution < 1.29 is 17.2 Å². The Bertz CT molecular complexity index is 568. The van der Waals surface area contributed by atoms with Crippen LogP contribution in [0, 0.1) is 11.3 Å². The van der Waals surface area contributed by atoms with E-state index in [0.717, 1.165) is 0 Å². The molecule has 0 bridgehead atoms. The fourth-order valence-corrected chi connectivity index (χ4v) is 2.35. The highest BCUT2D eigenvalue weighted by Gasteiger charge is 2.26. The van der Waals surface area contributed by atoms with Crippen LogP contribution in [0.15, 0.2) is 11.1 Å². The van der Waals surface area contributed by atoms with Gasteiger partial charge in [-0.3, -0.25) is 0 Å². The smallest absolute Gasteiger partial charge is 0.243 e. The summed E-state index contributed by atoms with van der Waals surface area (Å²) < 4.78 is 47.1. The molecule has 0 atom stereocenters. The summed E-state index contributed by atoms with van der Waals surface area (Å²) in [4.78, 5) is 2.34. The maximum Gasteiger partial charge on any atom is 0.266 e. The Labute approximate surface area is 94.5 Å². The fraction of sp³-hybridized carbons (Fsp3) is 0.143. The molecule has 1 aromatic heterocycles. The monoisotopic (exact) mass is 267 g/mol. The summed E-state index contributed by atoms with van der Waals surface area (Å²) in [5.41, 5.74) is -1.40. The van der Waals surface area contributed by atoms with E-state index >= 15 is 0 Å². The standard InChI is InChI=1S/C7H4ClF2N3O2S/c8-5-4(1-11)13-2-3(7(9)10)6(5)16(12,14)15/h2,7H,(H2,12,14,15). The minimum absolute atomic E-state index is 0.477. The number of nitrogens with zero attached hydrogens (tertiary/aromatic N) is 2. The number of sulfonamides is 1. The molecule has 0 unspecified atom stereocenters. The van der Waals surface area contributed by atoms with Crippen LogP contribution >= 0.6 is 11.6 Å². The molecule has 0 radical (unpaired) electrons. The van der Waals surface area contributed by atoms with Gasteiger partial charge >= 0.3 is 0 Å². The van der Waals surface area contributed by atoms with Crippen LogP contribution in [0.3, 0.4) is 0 Å². The van der Waals surface area contributed by atoms with Crippen molar-refractivity contribution in [2.75, 3.05) is 0 Å². The molecule has 1 heterocycles. The molecule has 5 nitrogen and oxygen atoms in total. The minimum atomic E-state index is -4.44. The summed E-state index contributed by atoms with van der Waals surface area (Å²) in [6.45, 7) is 0. The van der Waals surface area contributed by atoms with Crippen molar-refractivity contribution in [1.82, 2.24) is 4.98 Å². The molecule has 0 aliphatic heterocycles. The summed E-state index contributed by atoms with van der Waals surface area (Å²) in [5, 5.41) is 12.6. The van der Waals surface area contributed by atoms with Crippen LogP contribution in [-0.4, -0.2) is 13.4 Å². The van der Waals surface area contributed by atoms with Gasteiger partial charge in [0.25, 0.3) is 6.43 Å². The van der Waals surface area contributed by atoms with Crippen LogP contribution in [0.1, 0.15) is 17.7 Å². The van der Waals surface area contributed by atoms with Crippen LogP contribution in [0.2, 0.25) is 5.02 Å². The van der Waals surface area contributed by atoms with Gasteiger partial charge in [-0.15, -0.1) is 0 Å². The predicted molar refractivity (Wildman–Crippen MR) is 50.3 cm³/mol. The van der Waals surface area contributed by atoms with Crippen LogP contribution in [-0.2, 0) is 10.0 Å². The molecule has 0 saturated heterocycles. The first-order valence-electron chi connectivity index (χ1n) is 3.68. The SMILES string of the molecule is N#Cc1ncc(C(F)F)c(S(N)(=O)=O)c1Cl. The Morgan fingerprint density at radius 2 is 2.12 bits per heavy atom. The zero-order valence-corrected chi connectivity index (χ0v) is 9.06. The van der Waals surface area contributed by atoms with Crippen LogP contribution in [0.5, 0.6) is 0 Å². The normalized spacial score (nSPS) is 11.5. The van der Waals surface area contributed by atoms with E-state index in [1.54, 1.807) is 0 Å². The third-order valence-electron chi connectivity index (χ3n) is 1.63. The zero-order valence-electron chi connectivity index (χ0n) is 7.49. The van der Waals surface area contributed by atoms with Crippen molar-refractivity contribution in [3.63, 3.8) is 0 Å². The van der Waals surface area contributed by atoms with Crippen molar-refractivity contribution in [2.45, 2.75) is 11.3 Å². The predicted octanol–water partition coefficient (Wildman–Crippen LogP) is 1.19. The highest BCUT2D eigenvalue weighted by Crippen LogP contribution is 2.32. The maximum absolute atomic E-state index is 12.5. The quantitative estimate of drug-likeness (QED) is 0.870. The molecule has 86 valence electrons. The van der Waals surface area contributed by atoms with Gasteiger partial charge in [-0.05, 0) is 0 Å². The average Bonchev–Trinajstić information content (AvgIpc) is 2.14. The molecule has 2 N–H and O–H groups in total. The van der Waals surface area contributed by atoms with Gasteiger partial charge in [0.05, 0.1) is 10.6 Å². The Balaban J connectivity index is 3.72. The van der Waals surface area contributed by atoms with Crippen LogP contribution in [0.4, 0.5) is 8.78 Å². The number of aromatic nitrogens is 1. The Hall–Kier alpha value is -1.30. The van der Waals surface area contributed by atoms with Crippen LogP contribution < -0.4 is 5.14 Å². The molecule has 1 aromatic rings. The molecule has 0 fully saturated rings. The molecule has 0 spiro atoms. The number of pyridine rings is 1. The van der Waals surface area contributed by atoms with E-state index in [4.69, 9.17) is 22.0 Å². The number of nitrogens with two attached hydrogens (primary N) is 1. The van der Waals surface area contributed by atoms with E-state index in [9.17, 15) is 17.2 Å². The van der Waals surface area contributed by atoms with Gasteiger partial charge in [0, 0.05) is 6.20 Å². The second-order valence-electron chi connectivity index (χ2n) is 2.66. The molecule has 0 aromatic carbocycles. The number of nitriles is 1. The summed E-state index contributed by atoms with van der Waals surface area (Å²) in [7, 11) is -4.44. The molecule has 1 rings (SSSR count). The lowest BCUT2D eigenvalue weighted by Crippen LogP contribution is -2.16. The van der Waals surface area contributed by atoms with E-state index in [0.29, 0.717) is 6.20 Å². The molecule has 0 amide bonds. The maximum atomic E-state index is 12.5. The molecule has 9 heteroatoms. The van der Waals surface area contributed by atoms with Gasteiger partial charge in [0.2, 0.25) is 10.0 Å². The van der Waals surface area contributed by atoms with E-state index in [-0.39, 0.29) is 0 Å². The third-order valence-corrected chi connectivity index (χ3v) is 3.12. The molecular weight excluding hydrogens is 264 g/mol. The van der Waals surface area contributed by atoms with Crippen LogP contribution in [0.25, 0.3) is 0 Å². The van der Waals surface area contributed by atoms with Gasteiger partial charge in [0.15, 0.2) is 5.69 Å². The topological polar surface area (TPSA) is 96.8 Å². The Morgan fingerprint density at radius 1 is 1.56 bits per heavy atom. The molecule has 16 heavy (non-hydrogen) atoms. The lowest BCUT2D eigenvalue weighted by molar-refractivity contribution is 0.147. The van der Waals surface area contributed by atoms with Crippen molar-refractivity contribution in [2.24, 2.45) is 5.14 Å². The van der Waals surface area contributed by atoms with Crippen molar-refractivity contribution in [1.29, 1.82) is 5.26 Å². The summed E-state index contributed by atoms with van der Waals surface area (Å²) in [6.07, 6.45) is -2.54. The fourth-order valence-electron chi connectivity index (χ4n) is 1.01. The highest BCUT2D eigenvalue weighted by atomic mass is 35.5. The van der Waals surface area contributed by atoms with E-state index < -0.39 is 37.6 Å².